The average Bonchev–Trinajstić information content (AvgIpc) is 3.27. The Morgan fingerprint density at radius 1 is 1.22 bits per heavy atom. The highest BCUT2D eigenvalue weighted by Crippen LogP contribution is 2.33. The van der Waals surface area contributed by atoms with Gasteiger partial charge in [-0.3, -0.25) is 4.98 Å². The summed E-state index contributed by atoms with van der Waals surface area (Å²) < 4.78 is 27.2. The third-order valence-electron chi connectivity index (χ3n) is 3.39. The van der Waals surface area contributed by atoms with E-state index in [1.54, 1.807) is 18.2 Å². The molecule has 0 fully saturated rings. The molecule has 1 unspecified atom stereocenters. The molecule has 5 nitrogen and oxygen atoms in total. The number of pyridine rings is 1. The summed E-state index contributed by atoms with van der Waals surface area (Å²) in [7, 11) is -3.74. The van der Waals surface area contributed by atoms with Crippen molar-refractivity contribution >= 4 is 32.7 Å². The monoisotopic (exact) mass is 366 g/mol. The van der Waals surface area contributed by atoms with Crippen LogP contribution in [-0.4, -0.2) is 25.1 Å². The molecule has 0 spiro atoms. The summed E-state index contributed by atoms with van der Waals surface area (Å²) in [6.07, 6.45) is 2.78. The van der Waals surface area contributed by atoms with Crippen LogP contribution < -0.4 is 4.72 Å². The Bertz CT molecular complexity index is 811. The van der Waals surface area contributed by atoms with Crippen LogP contribution >= 0.6 is 22.7 Å². The Labute approximate surface area is 142 Å². The van der Waals surface area contributed by atoms with Crippen LogP contribution in [0.5, 0.6) is 0 Å². The van der Waals surface area contributed by atoms with Crippen molar-refractivity contribution in [2.24, 2.45) is 0 Å². The zero-order valence-electron chi connectivity index (χ0n) is 11.9. The summed E-state index contributed by atoms with van der Waals surface area (Å²) in [5.41, 5.74) is -0.734. The van der Waals surface area contributed by atoms with Crippen molar-refractivity contribution in [3.8, 4) is 0 Å². The van der Waals surface area contributed by atoms with Crippen LogP contribution in [0.4, 0.5) is 0 Å². The lowest BCUT2D eigenvalue weighted by Crippen LogP contribution is -2.40. The van der Waals surface area contributed by atoms with Gasteiger partial charge < -0.3 is 5.11 Å². The second-order valence-electron chi connectivity index (χ2n) is 4.86. The van der Waals surface area contributed by atoms with Gasteiger partial charge in [0.1, 0.15) is 10.5 Å². The number of aliphatic hydroxyl groups is 1. The second kappa shape index (κ2) is 6.50. The topological polar surface area (TPSA) is 79.3 Å². The molecule has 3 heterocycles. The van der Waals surface area contributed by atoms with E-state index in [4.69, 9.17) is 0 Å². The van der Waals surface area contributed by atoms with Crippen LogP contribution in [0.2, 0.25) is 0 Å². The van der Waals surface area contributed by atoms with Crippen LogP contribution in [0.25, 0.3) is 0 Å². The van der Waals surface area contributed by atoms with Gasteiger partial charge in [-0.1, -0.05) is 6.07 Å². The Hall–Kier alpha value is -1.58. The summed E-state index contributed by atoms with van der Waals surface area (Å²) in [4.78, 5) is 4.57. The molecule has 0 aliphatic rings. The van der Waals surface area contributed by atoms with Gasteiger partial charge in [0.15, 0.2) is 0 Å². The van der Waals surface area contributed by atoms with E-state index in [2.05, 4.69) is 9.71 Å². The van der Waals surface area contributed by atoms with Crippen molar-refractivity contribution in [2.75, 3.05) is 6.54 Å². The predicted molar refractivity (Wildman–Crippen MR) is 91.1 cm³/mol. The molecule has 3 aromatic heterocycles. The van der Waals surface area contributed by atoms with Crippen LogP contribution in [-0.2, 0) is 15.6 Å². The third-order valence-corrected chi connectivity index (χ3v) is 6.48. The molecule has 0 aliphatic heterocycles. The number of hydrogen-bond acceptors (Lipinski definition) is 6. The highest BCUT2D eigenvalue weighted by Gasteiger charge is 2.34. The van der Waals surface area contributed by atoms with E-state index in [-0.39, 0.29) is 11.4 Å². The molecule has 0 amide bonds. The first kappa shape index (κ1) is 16.3. The van der Waals surface area contributed by atoms with E-state index >= 15 is 0 Å². The summed E-state index contributed by atoms with van der Waals surface area (Å²) in [5.74, 6) is 0. The fraction of sp³-hybridized carbons (Fsp3) is 0.133. The van der Waals surface area contributed by atoms with Crippen molar-refractivity contribution in [1.29, 1.82) is 0 Å². The number of nitrogens with zero attached hydrogens (tertiary/aromatic N) is 1. The smallest absolute Gasteiger partial charge is 0.242 e. The van der Waals surface area contributed by atoms with Crippen LogP contribution in [0.15, 0.2) is 63.8 Å². The van der Waals surface area contributed by atoms with Gasteiger partial charge in [0, 0.05) is 29.4 Å². The van der Waals surface area contributed by atoms with Crippen molar-refractivity contribution in [1.82, 2.24) is 9.71 Å². The van der Waals surface area contributed by atoms with E-state index in [0.717, 1.165) is 0 Å². The number of thiophene rings is 2. The molecule has 0 radical (unpaired) electrons. The van der Waals surface area contributed by atoms with E-state index in [1.165, 1.54) is 41.1 Å². The normalized spacial score (nSPS) is 14.5. The second-order valence-corrected chi connectivity index (χ2v) is 8.36. The standard InChI is InChI=1S/C15H14N2O3S3/c18-15(12-5-8-21-10-12,14-4-2-7-22-14)11-17-23(19,20)13-3-1-6-16-9-13/h1-10,17-18H,11H2. The lowest BCUT2D eigenvalue weighted by atomic mass is 9.95. The Kier molecular flexibility index (Phi) is 4.60. The lowest BCUT2D eigenvalue weighted by Gasteiger charge is -2.26. The average molecular weight is 366 g/mol. The Balaban J connectivity index is 1.89. The minimum atomic E-state index is -3.74. The molecule has 1 atom stereocenters. The van der Waals surface area contributed by atoms with Gasteiger partial charge in [0.2, 0.25) is 10.0 Å². The van der Waals surface area contributed by atoms with Gasteiger partial charge in [-0.15, -0.1) is 11.3 Å². The number of rotatable bonds is 6. The first-order valence-corrected chi connectivity index (χ1v) is 10.0. The largest absolute Gasteiger partial charge is 0.378 e. The highest BCUT2D eigenvalue weighted by molar-refractivity contribution is 7.89. The molecule has 2 N–H and O–H groups in total. The Morgan fingerprint density at radius 2 is 2.09 bits per heavy atom. The summed E-state index contributed by atoms with van der Waals surface area (Å²) in [6, 6.07) is 8.43. The van der Waals surface area contributed by atoms with Gasteiger partial charge in [-0.2, -0.15) is 11.3 Å². The van der Waals surface area contributed by atoms with Crippen molar-refractivity contribution in [3.05, 3.63) is 69.3 Å². The zero-order valence-corrected chi connectivity index (χ0v) is 14.4. The van der Waals surface area contributed by atoms with Crippen LogP contribution in [0, 0.1) is 0 Å². The zero-order chi connectivity index (χ0) is 16.3. The molecule has 3 aromatic rings. The van der Waals surface area contributed by atoms with Crippen molar-refractivity contribution < 1.29 is 13.5 Å². The molecule has 0 bridgehead atoms. The van der Waals surface area contributed by atoms with Gasteiger partial charge in [0.05, 0.1) is 0 Å². The molecular weight excluding hydrogens is 352 g/mol. The molecule has 23 heavy (non-hydrogen) atoms. The van der Waals surface area contributed by atoms with Crippen molar-refractivity contribution in [3.63, 3.8) is 0 Å². The minimum absolute atomic E-state index is 0.0684. The predicted octanol–water partition coefficient (Wildman–Crippen LogP) is 2.42. The van der Waals surface area contributed by atoms with E-state index < -0.39 is 15.6 Å². The summed E-state index contributed by atoms with van der Waals surface area (Å²) in [6.45, 7) is -0.151. The quantitative estimate of drug-likeness (QED) is 0.702. The summed E-state index contributed by atoms with van der Waals surface area (Å²) >= 11 is 2.83. The SMILES string of the molecule is O=S(=O)(NCC(O)(c1ccsc1)c1cccs1)c1cccnc1. The Morgan fingerprint density at radius 3 is 2.70 bits per heavy atom. The minimum Gasteiger partial charge on any atom is -0.378 e. The maximum atomic E-state index is 12.4. The fourth-order valence-corrected chi connectivity index (χ4v) is 4.73. The number of nitrogens with one attached hydrogen (secondary N) is 1. The van der Waals surface area contributed by atoms with Crippen LogP contribution in [0.3, 0.4) is 0 Å². The van der Waals surface area contributed by atoms with E-state index in [1.807, 2.05) is 22.2 Å². The first-order chi connectivity index (χ1) is 11.0. The van der Waals surface area contributed by atoms with Gasteiger partial charge in [-0.05, 0) is 40.4 Å². The first-order valence-electron chi connectivity index (χ1n) is 6.71. The molecule has 0 saturated carbocycles. The molecule has 8 heteroatoms. The summed E-state index contributed by atoms with van der Waals surface area (Å²) in [5, 5.41) is 16.6. The van der Waals surface area contributed by atoms with E-state index in [9.17, 15) is 13.5 Å². The third kappa shape index (κ3) is 3.36. The number of aromatic nitrogens is 1. The number of hydrogen-bond donors (Lipinski definition) is 2. The maximum absolute atomic E-state index is 12.4. The molecule has 0 aromatic carbocycles. The lowest BCUT2D eigenvalue weighted by molar-refractivity contribution is 0.0903. The molecule has 3 rings (SSSR count). The van der Waals surface area contributed by atoms with Gasteiger partial charge >= 0.3 is 0 Å². The molecular formula is C15H14N2O3S3. The van der Waals surface area contributed by atoms with Gasteiger partial charge in [0.25, 0.3) is 0 Å². The molecule has 120 valence electrons. The molecule has 0 aliphatic carbocycles. The van der Waals surface area contributed by atoms with Crippen LogP contribution in [0.1, 0.15) is 10.4 Å². The van der Waals surface area contributed by atoms with E-state index in [0.29, 0.717) is 10.4 Å². The maximum Gasteiger partial charge on any atom is 0.242 e. The van der Waals surface area contributed by atoms with Crippen molar-refractivity contribution in [2.45, 2.75) is 10.5 Å². The number of sulfonamides is 1. The van der Waals surface area contributed by atoms with Gasteiger partial charge in [-0.25, -0.2) is 13.1 Å². The molecule has 0 saturated heterocycles. The fourth-order valence-electron chi connectivity index (χ4n) is 2.13. The highest BCUT2D eigenvalue weighted by atomic mass is 32.2.